The van der Waals surface area contributed by atoms with Gasteiger partial charge >= 0.3 is 71.1 Å². The summed E-state index contributed by atoms with van der Waals surface area (Å²) >= 11 is 2.23. The van der Waals surface area contributed by atoms with Crippen molar-refractivity contribution in [1.82, 2.24) is 35.3 Å². The second-order valence-corrected chi connectivity index (χ2v) is 10.6. The molecular weight excluding hydrogens is 560 g/mol. The van der Waals surface area contributed by atoms with Crippen molar-refractivity contribution >= 4 is 53.2 Å². The molecule has 4 heterocycles. The average molecular weight is 584 g/mol. The molecule has 38 heavy (non-hydrogen) atoms. The number of carbonyl (C=O) groups excluding carboxylic acids is 3. The van der Waals surface area contributed by atoms with Gasteiger partial charge in [0, 0.05) is 23.9 Å². The molecule has 1 aromatic heterocycles. The van der Waals surface area contributed by atoms with Gasteiger partial charge in [0.2, 0.25) is 17.0 Å². The first-order valence-corrected chi connectivity index (χ1v) is 13.1. The maximum Gasteiger partial charge on any atom is 1.00 e. The zero-order chi connectivity index (χ0) is 25.6. The molecule has 18 heteroatoms. The van der Waals surface area contributed by atoms with Crippen molar-refractivity contribution in [3.63, 3.8) is 0 Å². The van der Waals surface area contributed by atoms with Gasteiger partial charge in [-0.3, -0.25) is 24.1 Å². The van der Waals surface area contributed by atoms with E-state index in [-0.39, 0.29) is 96.3 Å². The molecule has 0 aromatic carbocycles. The van der Waals surface area contributed by atoms with Gasteiger partial charge in [-0.15, -0.1) is 16.9 Å². The Morgan fingerprint density at radius 2 is 1.95 bits per heavy atom. The Balaban J connectivity index is 0.00000200. The number of tetrazole rings is 1. The molecule has 5 rings (SSSR count). The van der Waals surface area contributed by atoms with E-state index in [1.165, 1.54) is 11.8 Å². The van der Waals surface area contributed by atoms with Crippen LogP contribution in [0.3, 0.4) is 0 Å². The van der Waals surface area contributed by atoms with E-state index in [4.69, 9.17) is 5.11 Å². The third kappa shape index (κ3) is 6.32. The number of aliphatic carboxylic acids is 2. The number of nitrogens with zero attached hydrogens (tertiary/aromatic N) is 6. The van der Waals surface area contributed by atoms with Gasteiger partial charge < -0.3 is 23.3 Å². The van der Waals surface area contributed by atoms with E-state index < -0.39 is 41.7 Å². The predicted molar refractivity (Wildman–Crippen MR) is 126 cm³/mol. The van der Waals surface area contributed by atoms with E-state index in [1.54, 1.807) is 6.08 Å². The second-order valence-electron chi connectivity index (χ2n) is 8.58. The van der Waals surface area contributed by atoms with E-state index in [0.29, 0.717) is 24.1 Å². The van der Waals surface area contributed by atoms with Crippen LogP contribution >= 0.6 is 23.5 Å². The van der Waals surface area contributed by atoms with Gasteiger partial charge in [-0.1, -0.05) is 11.8 Å². The monoisotopic (exact) mass is 583 g/mol. The van der Waals surface area contributed by atoms with Crippen LogP contribution in [-0.2, 0) is 30.5 Å². The molecule has 1 aromatic rings. The van der Waals surface area contributed by atoms with Crippen LogP contribution < -0.4 is 64.4 Å². The summed E-state index contributed by atoms with van der Waals surface area (Å²) in [7, 11) is 0. The predicted octanol–water partition coefficient (Wildman–Crippen LogP) is -6.86. The maximum absolute atomic E-state index is 12.8. The average Bonchev–Trinajstić information content (AvgIpc) is 3.48. The number of rotatable bonds is 9. The molecule has 4 aliphatic rings. The molecule has 2 saturated heterocycles. The van der Waals surface area contributed by atoms with E-state index >= 15 is 0 Å². The van der Waals surface area contributed by atoms with Gasteiger partial charge in [0.15, 0.2) is 0 Å². The number of hydrogen-bond acceptors (Lipinski definition) is 10. The van der Waals surface area contributed by atoms with Crippen molar-refractivity contribution in [1.29, 1.82) is 0 Å². The largest absolute Gasteiger partial charge is 1.00 e. The summed E-state index contributed by atoms with van der Waals surface area (Å²) in [6, 6.07) is -0.620. The van der Waals surface area contributed by atoms with Gasteiger partial charge in [-0.25, -0.2) is 9.48 Å². The fourth-order valence-electron chi connectivity index (χ4n) is 4.34. The minimum Gasteiger partial charge on any atom is -1.00 e. The summed E-state index contributed by atoms with van der Waals surface area (Å²) in [5.41, 5.74) is 0.792. The smallest absolute Gasteiger partial charge is 1.00 e. The van der Waals surface area contributed by atoms with E-state index in [0.717, 1.165) is 34.2 Å². The Morgan fingerprint density at radius 1 is 1.21 bits per heavy atom. The molecule has 0 bridgehead atoms. The standard InChI is InChI=1S/C20H21N7O7S2.2Na.2H/c28-12(8-36-20-22-23-24-26(20)6-13(29)30)21-14-17(32)27-15(19(33)34)10(7-35-18(14)27)5-9-3-4-25(16(9)31)11-1-2-11;;;;/h5,11,14,18H,1-4,6-8H2,(H,21,28)(H,29,30)(H,33,34);;;;/q;2*+1;2*-1/b9-5+;;;;/t14-,18-;;;;/m1..../s1. The number of fused-ring (bicyclic) bond motifs is 1. The van der Waals surface area contributed by atoms with Gasteiger partial charge in [0.25, 0.3) is 5.91 Å². The molecule has 3 aliphatic heterocycles. The van der Waals surface area contributed by atoms with Crippen molar-refractivity contribution in [2.24, 2.45) is 0 Å². The van der Waals surface area contributed by atoms with Crippen LogP contribution in [0.25, 0.3) is 0 Å². The van der Waals surface area contributed by atoms with Crippen LogP contribution in [0.1, 0.15) is 22.1 Å². The summed E-state index contributed by atoms with van der Waals surface area (Å²) in [6.07, 6.45) is 4.13. The maximum atomic E-state index is 12.8. The molecule has 0 radical (unpaired) electrons. The second kappa shape index (κ2) is 12.8. The van der Waals surface area contributed by atoms with Crippen molar-refractivity contribution in [3.05, 3.63) is 22.9 Å². The van der Waals surface area contributed by atoms with Crippen LogP contribution in [0.5, 0.6) is 0 Å². The van der Waals surface area contributed by atoms with Crippen molar-refractivity contribution in [2.75, 3.05) is 18.1 Å². The van der Waals surface area contributed by atoms with E-state index in [2.05, 4.69) is 20.8 Å². The van der Waals surface area contributed by atoms with Gasteiger partial charge in [-0.2, -0.15) is 0 Å². The number of β-lactam (4-membered cyclic amide) rings is 1. The van der Waals surface area contributed by atoms with Crippen molar-refractivity contribution in [2.45, 2.75) is 48.4 Å². The number of carbonyl (C=O) groups is 5. The molecule has 3 fully saturated rings. The van der Waals surface area contributed by atoms with Crippen LogP contribution in [-0.4, -0.2) is 105 Å². The Kier molecular flexibility index (Phi) is 10.5. The zero-order valence-electron chi connectivity index (χ0n) is 22.7. The Morgan fingerprint density at radius 3 is 2.61 bits per heavy atom. The molecule has 0 spiro atoms. The Hall–Kier alpha value is -1.40. The summed E-state index contributed by atoms with van der Waals surface area (Å²) in [6.45, 7) is 0.164. The number of carboxylic acids is 2. The van der Waals surface area contributed by atoms with Gasteiger partial charge in [0.1, 0.15) is 23.7 Å². The topological polar surface area (TPSA) is 188 Å². The quantitative estimate of drug-likeness (QED) is 0.108. The molecule has 0 unspecified atom stereocenters. The summed E-state index contributed by atoms with van der Waals surface area (Å²) in [4.78, 5) is 63.9. The number of likely N-dealkylation sites (tertiary alicyclic amines) is 1. The summed E-state index contributed by atoms with van der Waals surface area (Å²) in [5, 5.41) is 31.5. The molecular formula is C20H23N7Na2O7S2. The fourth-order valence-corrected chi connectivity index (χ4v) is 6.33. The van der Waals surface area contributed by atoms with Crippen LogP contribution in [0.15, 0.2) is 28.1 Å². The molecule has 3 N–H and O–H groups in total. The number of aromatic nitrogens is 4. The molecule has 3 amide bonds. The number of carboxylic acid groups (broad SMARTS) is 2. The van der Waals surface area contributed by atoms with Crippen LogP contribution in [0.4, 0.5) is 0 Å². The van der Waals surface area contributed by atoms with Gasteiger partial charge in [-0.05, 0) is 41.3 Å². The first-order chi connectivity index (χ1) is 17.2. The van der Waals surface area contributed by atoms with Crippen molar-refractivity contribution in [3.8, 4) is 0 Å². The fraction of sp³-hybridized carbons (Fsp3) is 0.500. The van der Waals surface area contributed by atoms with E-state index in [9.17, 15) is 29.1 Å². The van der Waals surface area contributed by atoms with Crippen LogP contribution in [0, 0.1) is 0 Å². The third-order valence-corrected chi connectivity index (χ3v) is 8.39. The number of amides is 3. The number of thioether (sulfide) groups is 2. The molecule has 2 atom stereocenters. The minimum atomic E-state index is -1.27. The normalized spacial score (nSPS) is 23.4. The van der Waals surface area contributed by atoms with Gasteiger partial charge in [0.05, 0.1) is 5.75 Å². The Labute approximate surface area is 271 Å². The number of nitrogens with one attached hydrogen (secondary N) is 1. The Bertz CT molecular complexity index is 1250. The van der Waals surface area contributed by atoms with Crippen LogP contribution in [0.2, 0.25) is 0 Å². The first-order valence-electron chi connectivity index (χ1n) is 11.1. The van der Waals surface area contributed by atoms with E-state index in [1.807, 2.05) is 4.90 Å². The molecule has 1 aliphatic carbocycles. The third-order valence-electron chi connectivity index (χ3n) is 6.13. The zero-order valence-corrected chi connectivity index (χ0v) is 26.3. The minimum absolute atomic E-state index is 0. The first kappa shape index (κ1) is 31.1. The SMILES string of the molecule is O=C(O)Cn1nnnc1SCC(=O)N[C@@H]1C(=O)N2C(C(=O)O)=C(/C=C3\CCN(C4CC4)C3=O)CS[C@H]12.[H-].[H-].[Na+].[Na+]. The number of allylic oxidation sites excluding steroid dienone is 1. The number of hydrogen-bond donors (Lipinski definition) is 3. The molecule has 194 valence electrons. The molecule has 14 nitrogen and oxygen atoms in total. The van der Waals surface area contributed by atoms with Crippen molar-refractivity contribution < 1.29 is 96.2 Å². The summed E-state index contributed by atoms with van der Waals surface area (Å²) in [5.74, 6) is -3.43. The summed E-state index contributed by atoms with van der Waals surface area (Å²) < 4.78 is 1.03. The molecule has 1 saturated carbocycles.